The summed E-state index contributed by atoms with van der Waals surface area (Å²) in [5.41, 5.74) is 0. The molecule has 2 rings (SSSR count). The maximum absolute atomic E-state index is 9.23. The summed E-state index contributed by atoms with van der Waals surface area (Å²) in [6.07, 6.45) is 0.0886. The Balaban J connectivity index is 2.02. The smallest absolute Gasteiger partial charge is 0.192 e. The number of ether oxygens (including phenoxy) is 3. The highest BCUT2D eigenvalue weighted by Gasteiger charge is 2.55. The lowest BCUT2D eigenvalue weighted by Crippen LogP contribution is -2.44. The van der Waals surface area contributed by atoms with Crippen LogP contribution >= 0.6 is 0 Å². The van der Waals surface area contributed by atoms with E-state index in [1.165, 1.54) is 0 Å². The number of hydrogen-bond acceptors (Lipinski definition) is 5. The quantitative estimate of drug-likeness (QED) is 0.785. The molecule has 130 valence electrons. The Morgan fingerprint density at radius 3 is 2.14 bits per heavy atom. The third-order valence-corrected chi connectivity index (χ3v) is 9.58. The third-order valence-electron chi connectivity index (χ3n) is 5.07. The van der Waals surface area contributed by atoms with Crippen molar-refractivity contribution in [2.24, 2.45) is 0 Å². The second kappa shape index (κ2) is 6.15. The van der Waals surface area contributed by atoms with Crippen molar-refractivity contribution in [1.82, 2.24) is 0 Å². The number of aliphatic hydroxyl groups is 1. The Kier molecular flexibility index (Phi) is 5.13. The van der Waals surface area contributed by atoms with Crippen LogP contribution in [0.3, 0.4) is 0 Å². The van der Waals surface area contributed by atoms with Crippen LogP contribution in [0.1, 0.15) is 41.0 Å². The lowest BCUT2D eigenvalue weighted by atomic mass is 10.1. The van der Waals surface area contributed by atoms with Gasteiger partial charge in [-0.25, -0.2) is 0 Å². The molecule has 6 heteroatoms. The molecule has 0 aromatic heterocycles. The maximum atomic E-state index is 9.23. The van der Waals surface area contributed by atoms with E-state index in [0.29, 0.717) is 13.0 Å². The fourth-order valence-corrected chi connectivity index (χ4v) is 3.79. The van der Waals surface area contributed by atoms with Gasteiger partial charge in [-0.3, -0.25) is 0 Å². The van der Waals surface area contributed by atoms with Crippen LogP contribution in [0.25, 0.3) is 0 Å². The van der Waals surface area contributed by atoms with Crippen molar-refractivity contribution in [3.05, 3.63) is 0 Å². The van der Waals surface area contributed by atoms with Gasteiger partial charge in [-0.1, -0.05) is 20.8 Å². The molecular formula is C16H32O5Si. The van der Waals surface area contributed by atoms with Crippen molar-refractivity contribution in [3.8, 4) is 0 Å². The van der Waals surface area contributed by atoms with Crippen molar-refractivity contribution in [1.29, 1.82) is 0 Å². The lowest BCUT2D eigenvalue weighted by Gasteiger charge is -2.37. The van der Waals surface area contributed by atoms with E-state index < -0.39 is 14.1 Å². The first-order valence-electron chi connectivity index (χ1n) is 8.23. The van der Waals surface area contributed by atoms with E-state index in [-0.39, 0.29) is 36.1 Å². The van der Waals surface area contributed by atoms with Crippen molar-refractivity contribution in [2.45, 2.75) is 89.4 Å². The van der Waals surface area contributed by atoms with Crippen LogP contribution < -0.4 is 0 Å². The molecule has 0 saturated carbocycles. The molecule has 4 atom stereocenters. The fraction of sp³-hybridized carbons (Fsp3) is 1.00. The van der Waals surface area contributed by atoms with Gasteiger partial charge in [0, 0.05) is 6.61 Å². The minimum atomic E-state index is -1.82. The van der Waals surface area contributed by atoms with Gasteiger partial charge in [0.15, 0.2) is 14.1 Å². The summed E-state index contributed by atoms with van der Waals surface area (Å²) in [6, 6.07) is 0. The molecule has 0 bridgehead atoms. The van der Waals surface area contributed by atoms with Gasteiger partial charge < -0.3 is 23.7 Å². The van der Waals surface area contributed by atoms with E-state index in [2.05, 4.69) is 33.9 Å². The van der Waals surface area contributed by atoms with Crippen LogP contribution in [0, 0.1) is 0 Å². The molecule has 0 aliphatic carbocycles. The molecule has 0 unspecified atom stereocenters. The van der Waals surface area contributed by atoms with E-state index >= 15 is 0 Å². The molecule has 0 amide bonds. The van der Waals surface area contributed by atoms with Gasteiger partial charge in [-0.15, -0.1) is 0 Å². The normalized spacial score (nSPS) is 34.9. The third kappa shape index (κ3) is 3.74. The summed E-state index contributed by atoms with van der Waals surface area (Å²) in [6.45, 7) is 15.6. The molecule has 0 radical (unpaired) electrons. The minimum Gasteiger partial charge on any atom is -0.414 e. The fourth-order valence-electron chi connectivity index (χ4n) is 2.77. The van der Waals surface area contributed by atoms with Crippen molar-refractivity contribution < 1.29 is 23.7 Å². The van der Waals surface area contributed by atoms with E-state index in [9.17, 15) is 5.11 Å². The second-order valence-electron chi connectivity index (χ2n) is 8.36. The average Bonchev–Trinajstić information content (AvgIpc) is 2.81. The predicted molar refractivity (Wildman–Crippen MR) is 87.3 cm³/mol. The summed E-state index contributed by atoms with van der Waals surface area (Å²) in [4.78, 5) is 0. The molecule has 22 heavy (non-hydrogen) atoms. The monoisotopic (exact) mass is 332 g/mol. The van der Waals surface area contributed by atoms with E-state index in [0.717, 1.165) is 0 Å². The number of fused-ring (bicyclic) bond motifs is 1. The van der Waals surface area contributed by atoms with Gasteiger partial charge in [0.25, 0.3) is 0 Å². The van der Waals surface area contributed by atoms with Gasteiger partial charge in [0.1, 0.15) is 18.3 Å². The Bertz CT molecular complexity index is 390. The largest absolute Gasteiger partial charge is 0.414 e. The highest BCUT2D eigenvalue weighted by Crippen LogP contribution is 2.41. The molecule has 5 nitrogen and oxygen atoms in total. The molecule has 1 N–H and O–H groups in total. The summed E-state index contributed by atoms with van der Waals surface area (Å²) < 4.78 is 24.3. The van der Waals surface area contributed by atoms with Gasteiger partial charge in [0.2, 0.25) is 0 Å². The zero-order valence-corrected chi connectivity index (χ0v) is 16.0. The number of rotatable bonds is 5. The molecule has 0 spiro atoms. The van der Waals surface area contributed by atoms with Gasteiger partial charge in [0.05, 0.1) is 12.7 Å². The van der Waals surface area contributed by atoms with Gasteiger partial charge in [-0.05, 0) is 38.4 Å². The summed E-state index contributed by atoms with van der Waals surface area (Å²) >= 11 is 0. The van der Waals surface area contributed by atoms with Crippen LogP contribution in [0.4, 0.5) is 0 Å². The first-order valence-corrected chi connectivity index (χ1v) is 11.1. The molecule has 0 aromatic rings. The van der Waals surface area contributed by atoms with Crippen LogP contribution in [-0.4, -0.2) is 56.8 Å². The van der Waals surface area contributed by atoms with Gasteiger partial charge >= 0.3 is 0 Å². The maximum Gasteiger partial charge on any atom is 0.192 e. The molecule has 2 aliphatic rings. The van der Waals surface area contributed by atoms with Crippen molar-refractivity contribution in [2.75, 3.05) is 13.2 Å². The molecule has 2 saturated heterocycles. The first kappa shape index (κ1) is 18.4. The Morgan fingerprint density at radius 2 is 1.64 bits per heavy atom. The number of aliphatic hydroxyl groups excluding tert-OH is 1. The van der Waals surface area contributed by atoms with E-state index in [4.69, 9.17) is 18.6 Å². The first-order chi connectivity index (χ1) is 9.97. The zero-order chi connectivity index (χ0) is 16.8. The second-order valence-corrected chi connectivity index (χ2v) is 13.2. The SMILES string of the molecule is CC1(C)O[C@@H]2[C@H](O1)[C@@H](CO[Si](C)(C)C(C)(C)C)O[C@H]2CCO. The molecule has 0 aromatic carbocycles. The summed E-state index contributed by atoms with van der Waals surface area (Å²) in [7, 11) is -1.82. The Hall–Kier alpha value is 0.0169. The van der Waals surface area contributed by atoms with Crippen LogP contribution in [0.5, 0.6) is 0 Å². The standard InChI is InChI=1S/C16H32O5Si/c1-15(2,3)22(6,7)18-10-12-14-13(11(19-12)8-9-17)20-16(4,5)21-14/h11-14,17H,8-10H2,1-7H3/t11-,12+,13-,14+/m0/s1. The lowest BCUT2D eigenvalue weighted by molar-refractivity contribution is -0.190. The van der Waals surface area contributed by atoms with E-state index in [1.54, 1.807) is 0 Å². The highest BCUT2D eigenvalue weighted by atomic mass is 28.4. The van der Waals surface area contributed by atoms with Gasteiger partial charge in [-0.2, -0.15) is 0 Å². The minimum absolute atomic E-state index is 0.0908. The van der Waals surface area contributed by atoms with Crippen molar-refractivity contribution in [3.63, 3.8) is 0 Å². The zero-order valence-electron chi connectivity index (χ0n) is 15.0. The summed E-state index contributed by atoms with van der Waals surface area (Å²) in [5.74, 6) is -0.595. The molecule has 2 aliphatic heterocycles. The van der Waals surface area contributed by atoms with Crippen LogP contribution in [-0.2, 0) is 18.6 Å². The van der Waals surface area contributed by atoms with Crippen molar-refractivity contribution >= 4 is 8.32 Å². The molecule has 2 fully saturated rings. The number of hydrogen-bond donors (Lipinski definition) is 1. The highest BCUT2D eigenvalue weighted by molar-refractivity contribution is 6.74. The predicted octanol–water partition coefficient (Wildman–Crippen LogP) is 2.68. The van der Waals surface area contributed by atoms with E-state index in [1.807, 2.05) is 13.8 Å². The summed E-state index contributed by atoms with van der Waals surface area (Å²) in [5, 5.41) is 9.40. The molecule has 2 heterocycles. The average molecular weight is 333 g/mol. The van der Waals surface area contributed by atoms with Crippen LogP contribution in [0.15, 0.2) is 0 Å². The van der Waals surface area contributed by atoms with Crippen LogP contribution in [0.2, 0.25) is 18.1 Å². The topological polar surface area (TPSA) is 57.2 Å². The Morgan fingerprint density at radius 1 is 1.09 bits per heavy atom. The Labute approximate surface area is 135 Å². The molecular weight excluding hydrogens is 300 g/mol.